The molecule has 0 heterocycles. The zero-order chi connectivity index (χ0) is 11.8. The van der Waals surface area contributed by atoms with E-state index in [0.717, 1.165) is 25.9 Å². The Balaban J connectivity index is 1.81. The molecule has 0 saturated heterocycles. The van der Waals surface area contributed by atoms with Crippen LogP contribution in [0.2, 0.25) is 0 Å². The predicted octanol–water partition coefficient (Wildman–Crippen LogP) is 2.11. The molecule has 0 aliphatic heterocycles. The van der Waals surface area contributed by atoms with Crippen molar-refractivity contribution in [3.05, 3.63) is 0 Å². The lowest BCUT2D eigenvalue weighted by Crippen LogP contribution is -2.62. The summed E-state index contributed by atoms with van der Waals surface area (Å²) >= 11 is 0. The van der Waals surface area contributed by atoms with Gasteiger partial charge in [0.2, 0.25) is 5.91 Å². The van der Waals surface area contributed by atoms with Crippen LogP contribution in [0.3, 0.4) is 0 Å². The van der Waals surface area contributed by atoms with E-state index in [1.54, 1.807) is 0 Å². The largest absolute Gasteiger partial charge is 0.378 e. The van der Waals surface area contributed by atoms with Crippen molar-refractivity contribution < 1.29 is 9.53 Å². The Morgan fingerprint density at radius 3 is 2.56 bits per heavy atom. The molecule has 0 aromatic rings. The predicted molar refractivity (Wildman–Crippen MR) is 63.1 cm³/mol. The standard InChI is InChI=1S/C13H23NO2/c1-4-16-11-8-10(13(11,2)3)14-12(15)9-6-5-7-9/h9-11H,4-8H2,1-3H3,(H,14,15)/t10-,11+/m1/s1. The van der Waals surface area contributed by atoms with Gasteiger partial charge in [0, 0.05) is 24.0 Å². The number of ether oxygens (including phenoxy) is 1. The van der Waals surface area contributed by atoms with Gasteiger partial charge in [-0.15, -0.1) is 0 Å². The van der Waals surface area contributed by atoms with Gasteiger partial charge in [-0.05, 0) is 26.2 Å². The van der Waals surface area contributed by atoms with Crippen LogP contribution in [-0.2, 0) is 9.53 Å². The van der Waals surface area contributed by atoms with Crippen molar-refractivity contribution in [1.29, 1.82) is 0 Å². The van der Waals surface area contributed by atoms with E-state index in [4.69, 9.17) is 4.74 Å². The Morgan fingerprint density at radius 1 is 1.44 bits per heavy atom. The molecule has 0 aromatic carbocycles. The monoisotopic (exact) mass is 225 g/mol. The first-order valence-electron chi connectivity index (χ1n) is 6.47. The van der Waals surface area contributed by atoms with Gasteiger partial charge < -0.3 is 10.1 Å². The highest BCUT2D eigenvalue weighted by Crippen LogP contribution is 2.43. The van der Waals surface area contributed by atoms with Crippen LogP contribution in [0.25, 0.3) is 0 Å². The van der Waals surface area contributed by atoms with Gasteiger partial charge in [0.15, 0.2) is 0 Å². The molecule has 0 spiro atoms. The number of rotatable bonds is 4. The summed E-state index contributed by atoms with van der Waals surface area (Å²) in [4.78, 5) is 11.8. The van der Waals surface area contributed by atoms with Crippen LogP contribution in [0.4, 0.5) is 0 Å². The summed E-state index contributed by atoms with van der Waals surface area (Å²) < 4.78 is 5.65. The zero-order valence-electron chi connectivity index (χ0n) is 10.6. The molecule has 1 amide bonds. The number of hydrogen-bond donors (Lipinski definition) is 1. The topological polar surface area (TPSA) is 38.3 Å². The molecular formula is C13H23NO2. The summed E-state index contributed by atoms with van der Waals surface area (Å²) in [5, 5.41) is 3.18. The normalized spacial score (nSPS) is 32.7. The van der Waals surface area contributed by atoms with Gasteiger partial charge in [0.05, 0.1) is 6.10 Å². The maximum Gasteiger partial charge on any atom is 0.223 e. The number of carbonyl (C=O) groups is 1. The highest BCUT2D eigenvalue weighted by molar-refractivity contribution is 5.79. The lowest BCUT2D eigenvalue weighted by Gasteiger charge is -2.52. The summed E-state index contributed by atoms with van der Waals surface area (Å²) in [6.07, 6.45) is 4.65. The highest BCUT2D eigenvalue weighted by atomic mass is 16.5. The third kappa shape index (κ3) is 1.97. The lowest BCUT2D eigenvalue weighted by atomic mass is 9.64. The van der Waals surface area contributed by atoms with Crippen molar-refractivity contribution in [2.75, 3.05) is 6.61 Å². The second-order valence-electron chi connectivity index (χ2n) is 5.69. The van der Waals surface area contributed by atoms with E-state index in [2.05, 4.69) is 19.2 Å². The SMILES string of the molecule is CCO[C@H]1C[C@@H](NC(=O)C2CCC2)C1(C)C. The molecule has 0 aromatic heterocycles. The second kappa shape index (κ2) is 4.36. The fourth-order valence-corrected chi connectivity index (χ4v) is 2.57. The second-order valence-corrected chi connectivity index (χ2v) is 5.69. The van der Waals surface area contributed by atoms with Crippen LogP contribution in [0.15, 0.2) is 0 Å². The fourth-order valence-electron chi connectivity index (χ4n) is 2.57. The quantitative estimate of drug-likeness (QED) is 0.795. The van der Waals surface area contributed by atoms with E-state index < -0.39 is 0 Å². The molecule has 0 unspecified atom stereocenters. The molecule has 3 heteroatoms. The minimum Gasteiger partial charge on any atom is -0.378 e. The summed E-state index contributed by atoms with van der Waals surface area (Å²) in [6, 6.07) is 0.303. The van der Waals surface area contributed by atoms with Crippen LogP contribution in [0, 0.1) is 11.3 Å². The fraction of sp³-hybridized carbons (Fsp3) is 0.923. The van der Waals surface area contributed by atoms with Gasteiger partial charge in [0.1, 0.15) is 0 Å². The summed E-state index contributed by atoms with van der Waals surface area (Å²) in [7, 11) is 0. The lowest BCUT2D eigenvalue weighted by molar-refractivity contribution is -0.141. The van der Waals surface area contributed by atoms with Gasteiger partial charge in [-0.2, -0.15) is 0 Å². The molecule has 3 nitrogen and oxygen atoms in total. The molecule has 2 fully saturated rings. The molecule has 92 valence electrons. The smallest absolute Gasteiger partial charge is 0.223 e. The molecule has 0 radical (unpaired) electrons. The van der Waals surface area contributed by atoms with Gasteiger partial charge in [-0.25, -0.2) is 0 Å². The van der Waals surface area contributed by atoms with Gasteiger partial charge in [-0.1, -0.05) is 20.3 Å². The number of hydrogen-bond acceptors (Lipinski definition) is 2. The number of nitrogens with one attached hydrogen (secondary N) is 1. The molecular weight excluding hydrogens is 202 g/mol. The van der Waals surface area contributed by atoms with Crippen LogP contribution in [0.1, 0.15) is 46.5 Å². The van der Waals surface area contributed by atoms with Crippen molar-refractivity contribution in [2.45, 2.75) is 58.6 Å². The Hall–Kier alpha value is -0.570. The number of amides is 1. The Bertz CT molecular complexity index is 271. The first-order chi connectivity index (χ1) is 7.55. The Labute approximate surface area is 97.9 Å². The van der Waals surface area contributed by atoms with E-state index in [0.29, 0.717) is 18.1 Å². The highest BCUT2D eigenvalue weighted by Gasteiger charge is 2.50. The summed E-state index contributed by atoms with van der Waals surface area (Å²) in [6.45, 7) is 7.15. The van der Waals surface area contributed by atoms with Gasteiger partial charge >= 0.3 is 0 Å². The molecule has 2 aliphatic rings. The van der Waals surface area contributed by atoms with Crippen molar-refractivity contribution >= 4 is 5.91 Å². The first kappa shape index (κ1) is 11.9. The average molecular weight is 225 g/mol. The van der Waals surface area contributed by atoms with Crippen LogP contribution < -0.4 is 5.32 Å². The van der Waals surface area contributed by atoms with Crippen molar-refractivity contribution in [2.24, 2.45) is 11.3 Å². The third-order valence-corrected chi connectivity index (χ3v) is 4.34. The van der Waals surface area contributed by atoms with Crippen LogP contribution in [0.5, 0.6) is 0 Å². The molecule has 1 N–H and O–H groups in total. The van der Waals surface area contributed by atoms with E-state index in [-0.39, 0.29) is 11.3 Å². The van der Waals surface area contributed by atoms with Crippen molar-refractivity contribution in [3.8, 4) is 0 Å². The molecule has 2 saturated carbocycles. The Kier molecular flexibility index (Phi) is 3.24. The molecule has 16 heavy (non-hydrogen) atoms. The third-order valence-electron chi connectivity index (χ3n) is 4.34. The van der Waals surface area contributed by atoms with Gasteiger partial charge in [-0.3, -0.25) is 4.79 Å². The summed E-state index contributed by atoms with van der Waals surface area (Å²) in [5.41, 5.74) is 0.0927. The first-order valence-corrected chi connectivity index (χ1v) is 6.47. The maximum absolute atomic E-state index is 11.8. The minimum atomic E-state index is 0.0927. The van der Waals surface area contributed by atoms with E-state index in [9.17, 15) is 4.79 Å². The van der Waals surface area contributed by atoms with E-state index in [1.807, 2.05) is 6.92 Å². The van der Waals surface area contributed by atoms with E-state index in [1.165, 1.54) is 6.42 Å². The molecule has 2 aliphatic carbocycles. The van der Waals surface area contributed by atoms with E-state index >= 15 is 0 Å². The van der Waals surface area contributed by atoms with Crippen LogP contribution in [-0.4, -0.2) is 24.7 Å². The maximum atomic E-state index is 11.8. The Morgan fingerprint density at radius 2 is 2.12 bits per heavy atom. The molecule has 2 atom stereocenters. The van der Waals surface area contributed by atoms with Crippen molar-refractivity contribution in [3.63, 3.8) is 0 Å². The average Bonchev–Trinajstić information content (AvgIpc) is 2.13. The summed E-state index contributed by atoms with van der Waals surface area (Å²) in [5.74, 6) is 0.557. The number of carbonyl (C=O) groups excluding carboxylic acids is 1. The van der Waals surface area contributed by atoms with Crippen LogP contribution >= 0.6 is 0 Å². The van der Waals surface area contributed by atoms with Crippen molar-refractivity contribution in [1.82, 2.24) is 5.32 Å². The molecule has 2 rings (SSSR count). The minimum absolute atomic E-state index is 0.0927. The van der Waals surface area contributed by atoms with Gasteiger partial charge in [0.25, 0.3) is 0 Å². The zero-order valence-corrected chi connectivity index (χ0v) is 10.6. The molecule has 0 bridgehead atoms.